The Balaban J connectivity index is 1.47. The highest BCUT2D eigenvalue weighted by Gasteiger charge is 2.26. The van der Waals surface area contributed by atoms with E-state index < -0.39 is 8.07 Å². The molecule has 170 valence electrons. The highest BCUT2D eigenvalue weighted by molar-refractivity contribution is 7.00. The second-order valence-electron chi connectivity index (χ2n) is 9.29. The minimum atomic E-state index is -1.90. The highest BCUT2D eigenvalue weighted by atomic mass is 28.3. The minimum Gasteiger partial charge on any atom is -0.427 e. The summed E-state index contributed by atoms with van der Waals surface area (Å²) in [6.45, 7) is 6.70. The van der Waals surface area contributed by atoms with E-state index in [1.807, 2.05) is 19.1 Å². The number of rotatable bonds is 6. The van der Waals surface area contributed by atoms with Crippen LogP contribution in [0.25, 0.3) is 27.5 Å². The van der Waals surface area contributed by atoms with Gasteiger partial charge in [0.05, 0.1) is 11.0 Å². The Morgan fingerprint density at radius 1 is 0.735 bits per heavy atom. The van der Waals surface area contributed by atoms with Gasteiger partial charge < -0.3 is 9.30 Å². The lowest BCUT2D eigenvalue weighted by Gasteiger charge is -2.24. The summed E-state index contributed by atoms with van der Waals surface area (Å²) in [7, 11) is -1.90. The first-order chi connectivity index (χ1) is 16.5. The summed E-state index contributed by atoms with van der Waals surface area (Å²) < 4.78 is 7.78. The highest BCUT2D eigenvalue weighted by Crippen LogP contribution is 2.31. The topological polar surface area (TPSA) is 31.2 Å². The van der Waals surface area contributed by atoms with Gasteiger partial charge in [-0.1, -0.05) is 91.1 Å². The number of carbonyl (C=O) groups excluding carboxylic acids is 1. The molecule has 0 saturated heterocycles. The largest absolute Gasteiger partial charge is 0.427 e. The van der Waals surface area contributed by atoms with Gasteiger partial charge in [0, 0.05) is 22.9 Å². The van der Waals surface area contributed by atoms with Crippen LogP contribution < -0.4 is 15.1 Å². The van der Waals surface area contributed by atoms with Crippen LogP contribution in [0.3, 0.4) is 0 Å². The third-order valence-corrected chi connectivity index (χ3v) is 10.2. The fraction of sp³-hybridized carbons (Fsp3) is 0.167. The lowest BCUT2D eigenvalue weighted by molar-refractivity contribution is -0.134. The van der Waals surface area contributed by atoms with Crippen molar-refractivity contribution in [1.82, 2.24) is 4.57 Å². The van der Waals surface area contributed by atoms with Crippen molar-refractivity contribution in [1.29, 1.82) is 0 Å². The van der Waals surface area contributed by atoms with Crippen LogP contribution in [0.4, 0.5) is 0 Å². The fourth-order valence-corrected chi connectivity index (χ4v) is 7.05. The Morgan fingerprint density at radius 2 is 1.24 bits per heavy atom. The molecule has 0 bridgehead atoms. The number of fused-ring (bicyclic) bond motifs is 3. The van der Waals surface area contributed by atoms with Crippen molar-refractivity contribution in [3.8, 4) is 11.4 Å². The van der Waals surface area contributed by atoms with Crippen molar-refractivity contribution >= 4 is 46.2 Å². The maximum atomic E-state index is 11.8. The van der Waals surface area contributed by atoms with E-state index in [0.29, 0.717) is 12.2 Å². The van der Waals surface area contributed by atoms with E-state index in [1.165, 1.54) is 37.9 Å². The summed E-state index contributed by atoms with van der Waals surface area (Å²) in [5, 5.41) is 5.23. The molecule has 0 radical (unpaired) electrons. The molecule has 0 aliphatic heterocycles. The van der Waals surface area contributed by atoms with Gasteiger partial charge in [0.25, 0.3) is 0 Å². The first kappa shape index (κ1) is 22.2. The zero-order chi connectivity index (χ0) is 23.7. The van der Waals surface area contributed by atoms with Crippen molar-refractivity contribution < 1.29 is 9.53 Å². The predicted molar refractivity (Wildman–Crippen MR) is 145 cm³/mol. The van der Waals surface area contributed by atoms with Crippen molar-refractivity contribution in [2.75, 3.05) is 0 Å². The normalized spacial score (nSPS) is 11.7. The Hall–Kier alpha value is -3.63. The number of hydrogen-bond acceptors (Lipinski definition) is 2. The lowest BCUT2D eigenvalue weighted by atomic mass is 10.2. The average Bonchev–Trinajstić information content (AvgIpc) is 3.19. The second kappa shape index (κ2) is 8.96. The maximum Gasteiger partial charge on any atom is 0.311 e. The SMILES string of the molecule is CCCC(=O)Oc1ccc([Si](C)(C)c2ccc(-n3c4ccccc4c4ccccc43)cc2)cc1. The number of aromatic nitrogens is 1. The predicted octanol–water partition coefficient (Wildman–Crippen LogP) is 6.31. The molecule has 3 nitrogen and oxygen atoms in total. The number of carbonyl (C=O) groups is 1. The monoisotopic (exact) mass is 463 g/mol. The van der Waals surface area contributed by atoms with Crippen LogP contribution >= 0.6 is 0 Å². The first-order valence-corrected chi connectivity index (χ1v) is 14.9. The molecular formula is C30H29NO2Si. The quantitative estimate of drug-likeness (QED) is 0.168. The van der Waals surface area contributed by atoms with Gasteiger partial charge in [0.2, 0.25) is 0 Å². The molecule has 0 atom stereocenters. The van der Waals surface area contributed by atoms with Gasteiger partial charge in [-0.05, 0) is 42.8 Å². The van der Waals surface area contributed by atoms with Gasteiger partial charge in [-0.2, -0.15) is 0 Å². The summed E-state index contributed by atoms with van der Waals surface area (Å²) in [4.78, 5) is 11.8. The van der Waals surface area contributed by atoms with Gasteiger partial charge in [0.1, 0.15) is 13.8 Å². The summed E-state index contributed by atoms with van der Waals surface area (Å²) in [5.41, 5.74) is 3.62. The third-order valence-electron chi connectivity index (χ3n) is 6.69. The molecule has 0 saturated carbocycles. The Labute approximate surface area is 201 Å². The van der Waals surface area contributed by atoms with E-state index in [2.05, 4.69) is 103 Å². The molecule has 0 fully saturated rings. The number of nitrogens with zero attached hydrogens (tertiary/aromatic N) is 1. The van der Waals surface area contributed by atoms with E-state index in [0.717, 1.165) is 6.42 Å². The number of ether oxygens (including phenoxy) is 1. The van der Waals surface area contributed by atoms with Crippen molar-refractivity contribution in [2.45, 2.75) is 32.9 Å². The van der Waals surface area contributed by atoms with Gasteiger partial charge >= 0.3 is 5.97 Å². The van der Waals surface area contributed by atoms with Crippen LogP contribution in [-0.2, 0) is 4.79 Å². The van der Waals surface area contributed by atoms with E-state index >= 15 is 0 Å². The summed E-state index contributed by atoms with van der Waals surface area (Å²) in [6.07, 6.45) is 1.24. The molecule has 34 heavy (non-hydrogen) atoms. The summed E-state index contributed by atoms with van der Waals surface area (Å²) in [6, 6.07) is 34.3. The maximum absolute atomic E-state index is 11.8. The van der Waals surface area contributed by atoms with Gasteiger partial charge in [0.15, 0.2) is 0 Å². The molecule has 1 aromatic heterocycles. The van der Waals surface area contributed by atoms with Crippen LogP contribution in [0.5, 0.6) is 5.75 Å². The summed E-state index contributed by atoms with van der Waals surface area (Å²) in [5.74, 6) is 0.445. The number of hydrogen-bond donors (Lipinski definition) is 0. The molecule has 0 aliphatic carbocycles. The van der Waals surface area contributed by atoms with Crippen molar-refractivity contribution in [3.63, 3.8) is 0 Å². The molecule has 0 N–H and O–H groups in total. The number of esters is 1. The van der Waals surface area contributed by atoms with Crippen molar-refractivity contribution in [3.05, 3.63) is 97.1 Å². The van der Waals surface area contributed by atoms with E-state index in [1.54, 1.807) is 0 Å². The minimum absolute atomic E-state index is 0.174. The van der Waals surface area contributed by atoms with Crippen LogP contribution in [0.1, 0.15) is 19.8 Å². The smallest absolute Gasteiger partial charge is 0.311 e. The zero-order valence-corrected chi connectivity index (χ0v) is 20.9. The van der Waals surface area contributed by atoms with Crippen molar-refractivity contribution in [2.24, 2.45) is 0 Å². The van der Waals surface area contributed by atoms with Gasteiger partial charge in [-0.15, -0.1) is 0 Å². The molecule has 0 unspecified atom stereocenters. The number of benzene rings is 4. The Morgan fingerprint density at radius 3 is 1.76 bits per heavy atom. The zero-order valence-electron chi connectivity index (χ0n) is 19.9. The molecule has 4 aromatic carbocycles. The van der Waals surface area contributed by atoms with E-state index in [-0.39, 0.29) is 5.97 Å². The van der Waals surface area contributed by atoms with Crippen LogP contribution in [0.2, 0.25) is 13.1 Å². The molecule has 0 amide bonds. The van der Waals surface area contributed by atoms with E-state index in [4.69, 9.17) is 4.74 Å². The first-order valence-electron chi connectivity index (χ1n) is 11.9. The Kier molecular flexibility index (Phi) is 5.84. The molecule has 0 aliphatic rings. The van der Waals surface area contributed by atoms with Crippen LogP contribution in [-0.4, -0.2) is 18.6 Å². The number of para-hydroxylation sites is 2. The third kappa shape index (κ3) is 3.95. The van der Waals surface area contributed by atoms with Crippen LogP contribution in [0.15, 0.2) is 97.1 Å². The van der Waals surface area contributed by atoms with Crippen LogP contribution in [0, 0.1) is 0 Å². The molecule has 1 heterocycles. The molecule has 5 rings (SSSR count). The second-order valence-corrected chi connectivity index (χ2v) is 13.7. The standard InChI is InChI=1S/C30H29NO2Si/c1-4-9-30(32)33-23-16-20-25(21-17-23)34(2,3)24-18-14-22(15-19-24)31-28-12-7-5-10-26(28)27-11-6-8-13-29(27)31/h5-8,10-21H,4,9H2,1-3H3. The average molecular weight is 464 g/mol. The molecular weight excluding hydrogens is 434 g/mol. The van der Waals surface area contributed by atoms with Gasteiger partial charge in [-0.3, -0.25) is 4.79 Å². The molecule has 5 aromatic rings. The van der Waals surface area contributed by atoms with E-state index in [9.17, 15) is 4.79 Å². The van der Waals surface area contributed by atoms with Gasteiger partial charge in [-0.25, -0.2) is 0 Å². The Bertz CT molecular complexity index is 1410. The molecule has 4 heteroatoms. The fourth-order valence-electron chi connectivity index (χ4n) is 4.72. The lowest BCUT2D eigenvalue weighted by Crippen LogP contribution is -2.52. The molecule has 0 spiro atoms. The summed E-state index contributed by atoms with van der Waals surface area (Å²) >= 11 is 0.